The van der Waals surface area contributed by atoms with Crippen molar-refractivity contribution < 1.29 is 13.6 Å². The molecule has 0 unspecified atom stereocenters. The summed E-state index contributed by atoms with van der Waals surface area (Å²) in [5.74, 6) is -1.20. The van der Waals surface area contributed by atoms with Crippen molar-refractivity contribution in [1.29, 1.82) is 0 Å². The molecule has 2 aromatic rings. The van der Waals surface area contributed by atoms with Crippen LogP contribution in [0.3, 0.4) is 0 Å². The molecule has 7 heteroatoms. The summed E-state index contributed by atoms with van der Waals surface area (Å²) in [7, 11) is 2.05. The van der Waals surface area contributed by atoms with E-state index < -0.39 is 11.7 Å². The molecule has 1 saturated heterocycles. The van der Waals surface area contributed by atoms with Crippen molar-refractivity contribution in [3.63, 3.8) is 0 Å². The lowest BCUT2D eigenvalue weighted by Gasteiger charge is -2.34. The topological polar surface area (TPSA) is 47.6 Å². The summed E-state index contributed by atoms with van der Waals surface area (Å²) in [5, 5.41) is 5.53. The Balaban J connectivity index is 1.54. The molecule has 0 atom stereocenters. The average molecular weight is 370 g/mol. The zero-order valence-electron chi connectivity index (χ0n) is 14.9. The van der Waals surface area contributed by atoms with E-state index in [1.807, 2.05) is 11.9 Å². The van der Waals surface area contributed by atoms with Gasteiger partial charge in [0.25, 0.3) is 5.91 Å². The normalized spacial score (nSPS) is 18.6. The molecule has 2 N–H and O–H groups in total. The van der Waals surface area contributed by atoms with Gasteiger partial charge >= 0.3 is 0 Å². The van der Waals surface area contributed by atoms with Crippen LogP contribution in [0.1, 0.15) is 5.56 Å². The third-order valence-electron chi connectivity index (χ3n) is 4.95. The van der Waals surface area contributed by atoms with Crippen molar-refractivity contribution in [2.24, 2.45) is 0 Å². The van der Waals surface area contributed by atoms with E-state index in [9.17, 15) is 13.6 Å². The molecule has 0 aromatic heterocycles. The van der Waals surface area contributed by atoms with Crippen LogP contribution in [0.2, 0.25) is 0 Å². The highest BCUT2D eigenvalue weighted by atomic mass is 19.1. The maximum atomic E-state index is 14.6. The third-order valence-corrected chi connectivity index (χ3v) is 4.95. The number of hydrogen-bond donors (Lipinski definition) is 2. The summed E-state index contributed by atoms with van der Waals surface area (Å²) in [6.45, 7) is 3.35. The summed E-state index contributed by atoms with van der Waals surface area (Å²) < 4.78 is 28.6. The molecule has 2 aliphatic heterocycles. The van der Waals surface area contributed by atoms with Gasteiger partial charge in [-0.1, -0.05) is 6.07 Å². The van der Waals surface area contributed by atoms with Crippen molar-refractivity contribution in [3.05, 3.63) is 59.8 Å². The van der Waals surface area contributed by atoms with Crippen molar-refractivity contribution in [1.82, 2.24) is 4.90 Å². The number of nitrogens with one attached hydrogen (secondary N) is 2. The zero-order valence-corrected chi connectivity index (χ0v) is 14.9. The van der Waals surface area contributed by atoms with Gasteiger partial charge in [-0.25, -0.2) is 8.78 Å². The second-order valence-corrected chi connectivity index (χ2v) is 6.78. The number of nitrogens with zero attached hydrogens (tertiary/aromatic N) is 2. The molecule has 0 radical (unpaired) electrons. The lowest BCUT2D eigenvalue weighted by molar-refractivity contribution is -0.110. The maximum absolute atomic E-state index is 14.6. The molecular weight excluding hydrogens is 350 g/mol. The van der Waals surface area contributed by atoms with Crippen LogP contribution in [-0.4, -0.2) is 44.0 Å². The zero-order chi connectivity index (χ0) is 19.0. The van der Waals surface area contributed by atoms with E-state index in [1.165, 1.54) is 24.4 Å². The summed E-state index contributed by atoms with van der Waals surface area (Å²) in [6, 6.07) is 9.35. The lowest BCUT2D eigenvalue weighted by atomic mass is 10.1. The minimum Gasteiger partial charge on any atom is -0.367 e. The smallest absolute Gasteiger partial charge is 0.257 e. The number of halogens is 2. The van der Waals surface area contributed by atoms with Crippen LogP contribution < -0.4 is 15.5 Å². The number of carbonyl (C=O) groups is 1. The monoisotopic (exact) mass is 370 g/mol. The van der Waals surface area contributed by atoms with Gasteiger partial charge in [-0.2, -0.15) is 0 Å². The Morgan fingerprint density at radius 3 is 2.59 bits per heavy atom. The first-order valence-corrected chi connectivity index (χ1v) is 8.83. The Morgan fingerprint density at radius 1 is 1.07 bits per heavy atom. The van der Waals surface area contributed by atoms with Crippen LogP contribution in [0.25, 0.3) is 5.57 Å². The average Bonchev–Trinajstić information content (AvgIpc) is 2.97. The van der Waals surface area contributed by atoms with Crippen molar-refractivity contribution in [3.8, 4) is 0 Å². The quantitative estimate of drug-likeness (QED) is 0.815. The molecular formula is C20H20F2N4O. The Bertz CT molecular complexity index is 920. The van der Waals surface area contributed by atoms with Crippen LogP contribution in [0, 0.1) is 11.6 Å². The number of amides is 1. The Morgan fingerprint density at radius 2 is 1.85 bits per heavy atom. The number of piperazine rings is 1. The molecule has 0 spiro atoms. The summed E-state index contributed by atoms with van der Waals surface area (Å²) in [6.07, 6.45) is 1.41. The van der Waals surface area contributed by atoms with Crippen LogP contribution in [0.15, 0.2) is 42.6 Å². The molecule has 1 fully saturated rings. The first-order valence-electron chi connectivity index (χ1n) is 8.83. The molecule has 2 heterocycles. The molecule has 0 aliphatic carbocycles. The first-order chi connectivity index (χ1) is 13.0. The largest absolute Gasteiger partial charge is 0.367 e. The van der Waals surface area contributed by atoms with Gasteiger partial charge < -0.3 is 20.4 Å². The number of hydrogen-bond acceptors (Lipinski definition) is 4. The van der Waals surface area contributed by atoms with Gasteiger partial charge in [-0.3, -0.25) is 4.79 Å². The molecule has 0 saturated carbocycles. The molecule has 140 valence electrons. The maximum Gasteiger partial charge on any atom is 0.257 e. The van der Waals surface area contributed by atoms with Gasteiger partial charge in [0.05, 0.1) is 16.9 Å². The van der Waals surface area contributed by atoms with Gasteiger partial charge in [0.2, 0.25) is 0 Å². The highest BCUT2D eigenvalue weighted by Crippen LogP contribution is 2.33. The number of rotatable bonds is 3. The molecule has 0 bridgehead atoms. The fourth-order valence-electron chi connectivity index (χ4n) is 3.40. The molecule has 4 rings (SSSR count). The number of benzene rings is 2. The van der Waals surface area contributed by atoms with E-state index in [4.69, 9.17) is 0 Å². The fourth-order valence-corrected chi connectivity index (χ4v) is 3.40. The van der Waals surface area contributed by atoms with Crippen molar-refractivity contribution >= 4 is 28.5 Å². The Kier molecular flexibility index (Phi) is 4.53. The van der Waals surface area contributed by atoms with E-state index >= 15 is 0 Å². The van der Waals surface area contributed by atoms with Crippen molar-refractivity contribution in [2.75, 3.05) is 48.8 Å². The van der Waals surface area contributed by atoms with Gasteiger partial charge in [0.15, 0.2) is 0 Å². The molecule has 27 heavy (non-hydrogen) atoms. The minimum absolute atomic E-state index is 0.187. The van der Waals surface area contributed by atoms with E-state index in [-0.39, 0.29) is 17.0 Å². The predicted molar refractivity (Wildman–Crippen MR) is 103 cm³/mol. The van der Waals surface area contributed by atoms with E-state index in [0.717, 1.165) is 26.2 Å². The standard InChI is InChI=1S/C20H20F2N4O/c1-25-7-9-26(10-8-25)18-6-5-13(11-16(18)22)23-12-14-19-15(21)3-2-4-17(19)24-20(14)27/h2-6,11-12,23H,7-10H2,1H3,(H,24,27)/b14-12+. The second kappa shape index (κ2) is 7.00. The highest BCUT2D eigenvalue weighted by Gasteiger charge is 2.27. The third kappa shape index (κ3) is 3.38. The van der Waals surface area contributed by atoms with E-state index in [1.54, 1.807) is 18.2 Å². The second-order valence-electron chi connectivity index (χ2n) is 6.78. The highest BCUT2D eigenvalue weighted by molar-refractivity contribution is 6.31. The van der Waals surface area contributed by atoms with Crippen LogP contribution in [0.4, 0.5) is 25.8 Å². The number of carbonyl (C=O) groups excluding carboxylic acids is 1. The van der Waals surface area contributed by atoms with Gasteiger partial charge in [-0.05, 0) is 37.4 Å². The van der Waals surface area contributed by atoms with Gasteiger partial charge in [0, 0.05) is 43.6 Å². The SMILES string of the molecule is CN1CCN(c2ccc(N/C=C3/C(=O)Nc4cccc(F)c43)cc2F)CC1. The summed E-state index contributed by atoms with van der Waals surface area (Å²) >= 11 is 0. The van der Waals surface area contributed by atoms with Gasteiger partial charge in [0.1, 0.15) is 11.6 Å². The number of likely N-dealkylation sites (N-methyl/N-ethyl adjacent to an activating group) is 1. The Labute approximate surface area is 156 Å². The van der Waals surface area contributed by atoms with Gasteiger partial charge in [-0.15, -0.1) is 0 Å². The fraction of sp³-hybridized carbons (Fsp3) is 0.250. The molecule has 5 nitrogen and oxygen atoms in total. The predicted octanol–water partition coefficient (Wildman–Crippen LogP) is 3.12. The summed E-state index contributed by atoms with van der Waals surface area (Å²) in [5.41, 5.74) is 1.91. The molecule has 1 amide bonds. The summed E-state index contributed by atoms with van der Waals surface area (Å²) in [4.78, 5) is 16.3. The first kappa shape index (κ1) is 17.5. The van der Waals surface area contributed by atoms with Crippen LogP contribution >= 0.6 is 0 Å². The van der Waals surface area contributed by atoms with Crippen molar-refractivity contribution in [2.45, 2.75) is 0 Å². The number of fused-ring (bicyclic) bond motifs is 1. The Hall–Kier alpha value is -2.93. The molecule has 2 aliphatic rings. The molecule has 2 aromatic carbocycles. The van der Waals surface area contributed by atoms with Crippen LogP contribution in [-0.2, 0) is 4.79 Å². The van der Waals surface area contributed by atoms with E-state index in [2.05, 4.69) is 15.5 Å². The number of anilines is 3. The van der Waals surface area contributed by atoms with Crippen LogP contribution in [0.5, 0.6) is 0 Å². The lowest BCUT2D eigenvalue weighted by Crippen LogP contribution is -2.44. The van der Waals surface area contributed by atoms with E-state index in [0.29, 0.717) is 17.1 Å². The minimum atomic E-state index is -0.476.